The van der Waals surface area contributed by atoms with Crippen molar-refractivity contribution in [2.45, 2.75) is 18.9 Å². The molecule has 1 fully saturated rings. The summed E-state index contributed by atoms with van der Waals surface area (Å²) in [5.74, 6) is 0.0136. The Labute approximate surface area is 108 Å². The van der Waals surface area contributed by atoms with Gasteiger partial charge in [-0.3, -0.25) is 10.4 Å². The van der Waals surface area contributed by atoms with Crippen LogP contribution in [0, 0.1) is 5.41 Å². The predicted octanol–water partition coefficient (Wildman–Crippen LogP) is 0.896. The normalized spacial score (nSPS) is 20.0. The Bertz CT molecular complexity index is 414. The number of rotatable bonds is 4. The van der Waals surface area contributed by atoms with Crippen LogP contribution < -0.4 is 10.6 Å². The molecule has 5 nitrogen and oxygen atoms in total. The lowest BCUT2D eigenvalue weighted by atomic mass is 10.2. The SMILES string of the molecule is CN(CC1CCCN1C)c1ccc(C(=N)N)nc1. The minimum absolute atomic E-state index is 0.0136. The maximum absolute atomic E-state index is 7.32. The molecule has 2 rings (SSSR count). The van der Waals surface area contributed by atoms with Gasteiger partial charge in [-0.25, -0.2) is 0 Å². The van der Waals surface area contributed by atoms with E-state index in [4.69, 9.17) is 11.1 Å². The smallest absolute Gasteiger partial charge is 0.141 e. The quantitative estimate of drug-likeness (QED) is 0.612. The summed E-state index contributed by atoms with van der Waals surface area (Å²) in [6.45, 7) is 2.21. The van der Waals surface area contributed by atoms with Gasteiger partial charge in [0.05, 0.1) is 11.9 Å². The summed E-state index contributed by atoms with van der Waals surface area (Å²) in [5, 5.41) is 7.32. The van der Waals surface area contributed by atoms with Gasteiger partial charge in [0, 0.05) is 19.6 Å². The lowest BCUT2D eigenvalue weighted by molar-refractivity contribution is 0.314. The van der Waals surface area contributed by atoms with E-state index in [1.54, 1.807) is 12.3 Å². The number of nitrogens with one attached hydrogen (secondary N) is 1. The van der Waals surface area contributed by atoms with Gasteiger partial charge in [-0.1, -0.05) is 0 Å². The highest BCUT2D eigenvalue weighted by Crippen LogP contribution is 2.18. The summed E-state index contributed by atoms with van der Waals surface area (Å²) in [6, 6.07) is 4.40. The third-order valence-corrected chi connectivity index (χ3v) is 3.62. The molecule has 1 aromatic heterocycles. The molecule has 3 N–H and O–H groups in total. The van der Waals surface area contributed by atoms with Gasteiger partial charge >= 0.3 is 0 Å². The van der Waals surface area contributed by atoms with Gasteiger partial charge in [-0.2, -0.15) is 0 Å². The fraction of sp³-hybridized carbons (Fsp3) is 0.538. The number of anilines is 1. The van der Waals surface area contributed by atoms with Crippen LogP contribution in [0.5, 0.6) is 0 Å². The van der Waals surface area contributed by atoms with E-state index in [1.807, 2.05) is 6.07 Å². The summed E-state index contributed by atoms with van der Waals surface area (Å²) < 4.78 is 0. The van der Waals surface area contributed by atoms with E-state index in [9.17, 15) is 0 Å². The Hall–Kier alpha value is -1.62. The maximum atomic E-state index is 7.32. The maximum Gasteiger partial charge on any atom is 0.141 e. The number of aromatic nitrogens is 1. The van der Waals surface area contributed by atoms with Crippen LogP contribution in [0.2, 0.25) is 0 Å². The number of hydrogen-bond donors (Lipinski definition) is 2. The molecule has 1 unspecified atom stereocenters. The monoisotopic (exact) mass is 247 g/mol. The molecule has 1 aliphatic rings. The molecule has 1 atom stereocenters. The van der Waals surface area contributed by atoms with Gasteiger partial charge in [-0.05, 0) is 38.6 Å². The molecule has 0 radical (unpaired) electrons. The van der Waals surface area contributed by atoms with Crippen molar-refractivity contribution in [3.8, 4) is 0 Å². The van der Waals surface area contributed by atoms with Crippen molar-refractivity contribution < 1.29 is 0 Å². The molecule has 0 aliphatic carbocycles. The molecular weight excluding hydrogens is 226 g/mol. The zero-order chi connectivity index (χ0) is 13.1. The summed E-state index contributed by atoms with van der Waals surface area (Å²) in [5.41, 5.74) is 6.99. The standard InChI is InChI=1S/C13H21N5/c1-17-7-3-4-11(17)9-18(2)10-5-6-12(13(14)15)16-8-10/h5-6,8,11H,3-4,7,9H2,1-2H3,(H3,14,15). The first-order chi connectivity index (χ1) is 8.58. The van der Waals surface area contributed by atoms with E-state index < -0.39 is 0 Å². The van der Waals surface area contributed by atoms with Crippen molar-refractivity contribution in [2.75, 3.05) is 32.1 Å². The van der Waals surface area contributed by atoms with Crippen LogP contribution in [0.15, 0.2) is 18.3 Å². The van der Waals surface area contributed by atoms with Crippen molar-refractivity contribution in [3.05, 3.63) is 24.0 Å². The Morgan fingerprint density at radius 2 is 2.39 bits per heavy atom. The molecule has 1 aliphatic heterocycles. The van der Waals surface area contributed by atoms with Crippen LogP contribution in [0.4, 0.5) is 5.69 Å². The molecule has 0 aromatic carbocycles. The number of nitrogen functional groups attached to an aromatic ring is 1. The molecule has 0 bridgehead atoms. The predicted molar refractivity (Wildman–Crippen MR) is 74.2 cm³/mol. The second kappa shape index (κ2) is 5.35. The Morgan fingerprint density at radius 1 is 1.61 bits per heavy atom. The number of nitrogens with zero attached hydrogens (tertiary/aromatic N) is 3. The number of nitrogens with two attached hydrogens (primary N) is 1. The zero-order valence-electron chi connectivity index (χ0n) is 11.1. The summed E-state index contributed by atoms with van der Waals surface area (Å²) in [6.07, 6.45) is 4.34. The van der Waals surface area contributed by atoms with Gasteiger partial charge in [0.2, 0.25) is 0 Å². The number of likely N-dealkylation sites (tertiary alicyclic amines) is 1. The van der Waals surface area contributed by atoms with Gasteiger partial charge < -0.3 is 15.5 Å². The van der Waals surface area contributed by atoms with E-state index in [-0.39, 0.29) is 5.84 Å². The summed E-state index contributed by atoms with van der Waals surface area (Å²) in [7, 11) is 4.26. The number of amidine groups is 1. The average Bonchev–Trinajstić information content (AvgIpc) is 2.75. The van der Waals surface area contributed by atoms with Crippen LogP contribution in [0.3, 0.4) is 0 Å². The third-order valence-electron chi connectivity index (χ3n) is 3.62. The van der Waals surface area contributed by atoms with E-state index in [0.29, 0.717) is 11.7 Å². The molecule has 18 heavy (non-hydrogen) atoms. The van der Waals surface area contributed by atoms with Crippen molar-refractivity contribution >= 4 is 11.5 Å². The Balaban J connectivity index is 2.00. The molecule has 5 heteroatoms. The van der Waals surface area contributed by atoms with Crippen molar-refractivity contribution in [1.82, 2.24) is 9.88 Å². The third kappa shape index (κ3) is 2.79. The van der Waals surface area contributed by atoms with Crippen molar-refractivity contribution in [3.63, 3.8) is 0 Å². The van der Waals surface area contributed by atoms with Gasteiger partial charge in [0.25, 0.3) is 0 Å². The van der Waals surface area contributed by atoms with Crippen LogP contribution in [-0.4, -0.2) is 48.9 Å². The highest BCUT2D eigenvalue weighted by molar-refractivity contribution is 5.93. The van der Waals surface area contributed by atoms with Crippen LogP contribution >= 0.6 is 0 Å². The van der Waals surface area contributed by atoms with Crippen LogP contribution in [-0.2, 0) is 0 Å². The molecule has 0 spiro atoms. The Kier molecular flexibility index (Phi) is 3.81. The average molecular weight is 247 g/mol. The molecular formula is C13H21N5. The lowest BCUT2D eigenvalue weighted by Gasteiger charge is -2.27. The lowest BCUT2D eigenvalue weighted by Crippen LogP contribution is -2.36. The topological polar surface area (TPSA) is 69.2 Å². The van der Waals surface area contributed by atoms with Crippen molar-refractivity contribution in [1.29, 1.82) is 5.41 Å². The molecule has 98 valence electrons. The van der Waals surface area contributed by atoms with E-state index >= 15 is 0 Å². The number of pyridine rings is 1. The van der Waals surface area contributed by atoms with Gasteiger partial charge in [0.1, 0.15) is 11.5 Å². The molecule has 0 saturated carbocycles. The first-order valence-corrected chi connectivity index (χ1v) is 6.30. The molecule has 0 amide bonds. The number of likely N-dealkylation sites (N-methyl/N-ethyl adjacent to an activating group) is 2. The van der Waals surface area contributed by atoms with Crippen LogP contribution in [0.1, 0.15) is 18.5 Å². The second-order valence-corrected chi connectivity index (χ2v) is 4.97. The van der Waals surface area contributed by atoms with E-state index in [1.165, 1.54) is 19.4 Å². The fourth-order valence-corrected chi connectivity index (χ4v) is 2.40. The molecule has 2 heterocycles. The largest absolute Gasteiger partial charge is 0.382 e. The first kappa shape index (κ1) is 12.8. The zero-order valence-corrected chi connectivity index (χ0v) is 11.1. The van der Waals surface area contributed by atoms with E-state index in [0.717, 1.165) is 12.2 Å². The minimum atomic E-state index is 0.0136. The first-order valence-electron chi connectivity index (χ1n) is 6.30. The minimum Gasteiger partial charge on any atom is -0.382 e. The Morgan fingerprint density at radius 3 is 2.89 bits per heavy atom. The fourth-order valence-electron chi connectivity index (χ4n) is 2.40. The van der Waals surface area contributed by atoms with Crippen LogP contribution in [0.25, 0.3) is 0 Å². The second-order valence-electron chi connectivity index (χ2n) is 4.97. The van der Waals surface area contributed by atoms with Gasteiger partial charge in [0.15, 0.2) is 0 Å². The van der Waals surface area contributed by atoms with E-state index in [2.05, 4.69) is 28.9 Å². The number of hydrogen-bond acceptors (Lipinski definition) is 4. The van der Waals surface area contributed by atoms with Crippen molar-refractivity contribution in [2.24, 2.45) is 5.73 Å². The summed E-state index contributed by atoms with van der Waals surface area (Å²) in [4.78, 5) is 8.81. The molecule has 1 saturated heterocycles. The summed E-state index contributed by atoms with van der Waals surface area (Å²) >= 11 is 0. The highest BCUT2D eigenvalue weighted by Gasteiger charge is 2.22. The highest BCUT2D eigenvalue weighted by atomic mass is 15.2. The van der Waals surface area contributed by atoms with Gasteiger partial charge in [-0.15, -0.1) is 0 Å². The molecule has 1 aromatic rings.